The third kappa shape index (κ3) is 4.44. The summed E-state index contributed by atoms with van der Waals surface area (Å²) in [6.45, 7) is 7.51. The quantitative estimate of drug-likeness (QED) is 0.819. The lowest BCUT2D eigenvalue weighted by atomic mass is 10.2. The van der Waals surface area contributed by atoms with Crippen molar-refractivity contribution < 1.29 is 4.79 Å². The summed E-state index contributed by atoms with van der Waals surface area (Å²) in [7, 11) is 0. The first-order valence-electron chi connectivity index (χ1n) is 5.91. The Kier molecular flexibility index (Phi) is 6.39. The number of aromatic nitrogens is 1. The molecule has 1 rings (SSSR count). The Labute approximate surface area is 117 Å². The van der Waals surface area contributed by atoms with Crippen LogP contribution in [0.4, 0.5) is 0 Å². The molecule has 0 aliphatic heterocycles. The Balaban J connectivity index is 2.50. The van der Waals surface area contributed by atoms with Gasteiger partial charge in [-0.3, -0.25) is 4.79 Å². The number of halogens is 2. The van der Waals surface area contributed by atoms with Crippen molar-refractivity contribution in [1.29, 1.82) is 0 Å². The first-order valence-corrected chi connectivity index (χ1v) is 6.66. The molecule has 0 aromatic carbocycles. The van der Waals surface area contributed by atoms with Gasteiger partial charge in [0.15, 0.2) is 0 Å². The molecule has 0 saturated carbocycles. The van der Waals surface area contributed by atoms with Gasteiger partial charge < -0.3 is 10.2 Å². The number of pyridine rings is 1. The van der Waals surface area contributed by atoms with Crippen molar-refractivity contribution in [3.63, 3.8) is 0 Å². The number of hydrogen-bond donors (Lipinski definition) is 1. The van der Waals surface area contributed by atoms with E-state index in [4.69, 9.17) is 23.2 Å². The molecule has 6 heteroatoms. The maximum atomic E-state index is 11.8. The summed E-state index contributed by atoms with van der Waals surface area (Å²) in [5, 5.41) is 3.22. The van der Waals surface area contributed by atoms with Crippen molar-refractivity contribution in [3.05, 3.63) is 28.0 Å². The highest BCUT2D eigenvalue weighted by atomic mass is 35.5. The summed E-state index contributed by atoms with van der Waals surface area (Å²) in [5.74, 6) is -0.226. The minimum atomic E-state index is -0.226. The number of hydrogen-bond acceptors (Lipinski definition) is 3. The molecule has 1 aromatic rings. The first kappa shape index (κ1) is 15.2. The zero-order chi connectivity index (χ0) is 13.5. The molecule has 0 fully saturated rings. The van der Waals surface area contributed by atoms with Gasteiger partial charge in [0, 0.05) is 13.1 Å². The van der Waals surface area contributed by atoms with Crippen LogP contribution in [0.3, 0.4) is 0 Å². The summed E-state index contributed by atoms with van der Waals surface area (Å²) in [6, 6.07) is 3.12. The summed E-state index contributed by atoms with van der Waals surface area (Å²) in [5.41, 5.74) is 0.348. The highest BCUT2D eigenvalue weighted by molar-refractivity contribution is 6.34. The predicted octanol–water partition coefficient (Wildman–Crippen LogP) is 2.46. The molecule has 0 atom stereocenters. The average molecular weight is 290 g/mol. The van der Waals surface area contributed by atoms with E-state index < -0.39 is 0 Å². The molecule has 0 aliphatic rings. The fraction of sp³-hybridized carbons (Fsp3) is 0.500. The van der Waals surface area contributed by atoms with Crippen LogP contribution in [0.5, 0.6) is 0 Å². The van der Waals surface area contributed by atoms with E-state index in [-0.39, 0.29) is 16.2 Å². The van der Waals surface area contributed by atoms with Gasteiger partial charge in [0.1, 0.15) is 10.3 Å². The second kappa shape index (κ2) is 7.56. The van der Waals surface area contributed by atoms with Gasteiger partial charge in [0.2, 0.25) is 0 Å². The van der Waals surface area contributed by atoms with Crippen molar-refractivity contribution >= 4 is 29.1 Å². The van der Waals surface area contributed by atoms with E-state index in [0.29, 0.717) is 12.1 Å². The lowest BCUT2D eigenvalue weighted by molar-refractivity contribution is 0.0948. The van der Waals surface area contributed by atoms with Gasteiger partial charge in [0.05, 0.1) is 5.56 Å². The van der Waals surface area contributed by atoms with E-state index in [1.165, 1.54) is 0 Å². The third-order valence-electron chi connectivity index (χ3n) is 2.67. The van der Waals surface area contributed by atoms with Crippen LogP contribution in [0.25, 0.3) is 0 Å². The molecule has 1 aromatic heterocycles. The van der Waals surface area contributed by atoms with Crippen LogP contribution in [0.1, 0.15) is 24.2 Å². The maximum absolute atomic E-state index is 11.8. The third-order valence-corrected chi connectivity index (χ3v) is 3.17. The number of likely N-dealkylation sites (N-methyl/N-ethyl adjacent to an activating group) is 1. The van der Waals surface area contributed by atoms with Crippen LogP contribution in [0.2, 0.25) is 10.3 Å². The van der Waals surface area contributed by atoms with E-state index >= 15 is 0 Å². The van der Waals surface area contributed by atoms with Gasteiger partial charge in [-0.2, -0.15) is 0 Å². The number of carbonyl (C=O) groups excluding carboxylic acids is 1. The Morgan fingerprint density at radius 3 is 2.56 bits per heavy atom. The number of rotatable bonds is 6. The number of nitrogens with zero attached hydrogens (tertiary/aromatic N) is 2. The van der Waals surface area contributed by atoms with Gasteiger partial charge in [-0.1, -0.05) is 37.0 Å². The highest BCUT2D eigenvalue weighted by Crippen LogP contribution is 2.16. The van der Waals surface area contributed by atoms with Crippen molar-refractivity contribution in [2.75, 3.05) is 26.2 Å². The molecule has 18 heavy (non-hydrogen) atoms. The molecule has 1 N–H and O–H groups in total. The molecule has 0 unspecified atom stereocenters. The highest BCUT2D eigenvalue weighted by Gasteiger charge is 2.11. The lowest BCUT2D eigenvalue weighted by Crippen LogP contribution is -2.34. The Morgan fingerprint density at radius 1 is 1.33 bits per heavy atom. The Bertz CT molecular complexity index is 408. The van der Waals surface area contributed by atoms with Crippen LogP contribution >= 0.6 is 23.2 Å². The van der Waals surface area contributed by atoms with Crippen molar-refractivity contribution in [2.24, 2.45) is 0 Å². The summed E-state index contributed by atoms with van der Waals surface area (Å²) in [6.07, 6.45) is 0. The molecule has 1 heterocycles. The van der Waals surface area contributed by atoms with Gasteiger partial charge in [0.25, 0.3) is 5.91 Å². The van der Waals surface area contributed by atoms with Gasteiger partial charge in [-0.15, -0.1) is 0 Å². The number of nitrogens with one attached hydrogen (secondary N) is 1. The molecule has 1 amide bonds. The van der Waals surface area contributed by atoms with Crippen LogP contribution < -0.4 is 5.32 Å². The standard InChI is InChI=1S/C12H17Cl2N3O/c1-3-17(4-2)8-7-15-12(18)9-5-6-10(13)16-11(9)14/h5-6H,3-4,7-8H2,1-2H3,(H,15,18). The van der Waals surface area contributed by atoms with Crippen molar-refractivity contribution in [2.45, 2.75) is 13.8 Å². The maximum Gasteiger partial charge on any atom is 0.254 e. The van der Waals surface area contributed by atoms with Crippen LogP contribution in [0, 0.1) is 0 Å². The SMILES string of the molecule is CCN(CC)CCNC(=O)c1ccc(Cl)nc1Cl. The topological polar surface area (TPSA) is 45.2 Å². The minimum Gasteiger partial charge on any atom is -0.351 e. The zero-order valence-electron chi connectivity index (χ0n) is 10.5. The largest absolute Gasteiger partial charge is 0.351 e. The van der Waals surface area contributed by atoms with Crippen LogP contribution in [-0.2, 0) is 0 Å². The lowest BCUT2D eigenvalue weighted by Gasteiger charge is -2.18. The number of amides is 1. The molecule has 4 nitrogen and oxygen atoms in total. The molecular formula is C12H17Cl2N3O. The normalized spacial score (nSPS) is 10.7. The molecule has 0 saturated heterocycles. The molecule has 100 valence electrons. The predicted molar refractivity (Wildman–Crippen MR) is 74.4 cm³/mol. The second-order valence-electron chi connectivity index (χ2n) is 3.76. The summed E-state index contributed by atoms with van der Waals surface area (Å²) in [4.78, 5) is 17.9. The fourth-order valence-corrected chi connectivity index (χ4v) is 1.97. The van der Waals surface area contributed by atoms with Gasteiger partial charge in [-0.05, 0) is 25.2 Å². The monoisotopic (exact) mass is 289 g/mol. The first-order chi connectivity index (χ1) is 8.58. The van der Waals surface area contributed by atoms with E-state index in [1.54, 1.807) is 12.1 Å². The van der Waals surface area contributed by atoms with E-state index in [0.717, 1.165) is 19.6 Å². The van der Waals surface area contributed by atoms with Gasteiger partial charge in [-0.25, -0.2) is 4.98 Å². The summed E-state index contributed by atoms with van der Waals surface area (Å²) < 4.78 is 0. The van der Waals surface area contributed by atoms with Crippen molar-refractivity contribution in [3.8, 4) is 0 Å². The van der Waals surface area contributed by atoms with Crippen molar-refractivity contribution in [1.82, 2.24) is 15.2 Å². The molecular weight excluding hydrogens is 273 g/mol. The van der Waals surface area contributed by atoms with Crippen LogP contribution in [-0.4, -0.2) is 42.0 Å². The van der Waals surface area contributed by atoms with E-state index in [2.05, 4.69) is 29.0 Å². The summed E-state index contributed by atoms with van der Waals surface area (Å²) >= 11 is 11.5. The average Bonchev–Trinajstić information content (AvgIpc) is 2.34. The smallest absolute Gasteiger partial charge is 0.254 e. The van der Waals surface area contributed by atoms with Gasteiger partial charge >= 0.3 is 0 Å². The van der Waals surface area contributed by atoms with E-state index in [9.17, 15) is 4.79 Å². The minimum absolute atomic E-state index is 0.128. The molecule has 0 radical (unpaired) electrons. The molecule has 0 bridgehead atoms. The molecule has 0 spiro atoms. The zero-order valence-corrected chi connectivity index (χ0v) is 12.1. The Morgan fingerprint density at radius 2 is 2.00 bits per heavy atom. The number of carbonyl (C=O) groups is 1. The fourth-order valence-electron chi connectivity index (χ4n) is 1.54. The van der Waals surface area contributed by atoms with E-state index in [1.807, 2.05) is 0 Å². The second-order valence-corrected chi connectivity index (χ2v) is 4.50. The Hall–Kier alpha value is -0.840. The van der Waals surface area contributed by atoms with Crippen LogP contribution in [0.15, 0.2) is 12.1 Å². The molecule has 0 aliphatic carbocycles.